The van der Waals surface area contributed by atoms with Gasteiger partial charge >= 0.3 is 6.18 Å². The van der Waals surface area contributed by atoms with Gasteiger partial charge in [-0.1, -0.05) is 30.3 Å². The van der Waals surface area contributed by atoms with Crippen LogP contribution in [-0.2, 0) is 28.7 Å². The largest absolute Gasteiger partial charge is 0.416 e. The number of carbonyl (C=O) groups excluding carboxylic acids is 1. The number of nitrogens with one attached hydrogen (secondary N) is 1. The van der Waals surface area contributed by atoms with Crippen LogP contribution in [0.25, 0.3) is 0 Å². The maximum Gasteiger partial charge on any atom is 0.416 e. The Kier molecular flexibility index (Phi) is 7.24. The third kappa shape index (κ3) is 5.50. The Balaban J connectivity index is 1.57. The summed E-state index contributed by atoms with van der Waals surface area (Å²) in [6, 6.07) is 14.0. The molecule has 1 amide bonds. The van der Waals surface area contributed by atoms with Crippen LogP contribution in [0.5, 0.6) is 0 Å². The number of benzene rings is 2. The smallest absolute Gasteiger partial charge is 0.385 e. The van der Waals surface area contributed by atoms with E-state index in [-0.39, 0.29) is 11.9 Å². The van der Waals surface area contributed by atoms with Gasteiger partial charge in [0.25, 0.3) is 0 Å². The fraction of sp³-hybridized carbons (Fsp3) is 0.480. The first-order valence-electron chi connectivity index (χ1n) is 11.4. The van der Waals surface area contributed by atoms with E-state index in [1.54, 1.807) is 13.2 Å². The maximum absolute atomic E-state index is 13.3. The predicted octanol–water partition coefficient (Wildman–Crippen LogP) is 3.72. The number of hydrogen-bond acceptors (Lipinski definition) is 4. The summed E-state index contributed by atoms with van der Waals surface area (Å²) in [6.07, 6.45) is -3.41. The van der Waals surface area contributed by atoms with Gasteiger partial charge in [-0.2, -0.15) is 13.2 Å². The SMILES string of the molecule is COCCCNC(=O)[C@H]1Cc2cc(C(F)(F)F)ccc2N2CCN(Cc3ccccc3)C[C@H]12. The van der Waals surface area contributed by atoms with Gasteiger partial charge in [0.2, 0.25) is 5.91 Å². The molecule has 0 saturated carbocycles. The number of nitrogens with zero attached hydrogens (tertiary/aromatic N) is 2. The summed E-state index contributed by atoms with van der Waals surface area (Å²) in [6.45, 7) is 3.96. The predicted molar refractivity (Wildman–Crippen MR) is 121 cm³/mol. The van der Waals surface area contributed by atoms with Crippen LogP contribution in [-0.4, -0.2) is 56.7 Å². The molecule has 2 aromatic rings. The van der Waals surface area contributed by atoms with Gasteiger partial charge in [-0.25, -0.2) is 0 Å². The van der Waals surface area contributed by atoms with Gasteiger partial charge in [-0.15, -0.1) is 0 Å². The van der Waals surface area contributed by atoms with Crippen LogP contribution in [0.1, 0.15) is 23.1 Å². The summed E-state index contributed by atoms with van der Waals surface area (Å²) in [5, 5.41) is 2.97. The standard InChI is InChI=1S/C25H30F3N3O2/c1-33-13-5-10-29-24(32)21-15-19-14-20(25(26,27)28)8-9-22(19)31-12-11-30(17-23(21)31)16-18-6-3-2-4-7-18/h2-4,6-9,14,21,23H,5,10-13,15-17H2,1H3,(H,29,32)/t21-,23+/m0/s1. The first-order valence-corrected chi connectivity index (χ1v) is 11.4. The summed E-state index contributed by atoms with van der Waals surface area (Å²) in [5.41, 5.74) is 1.95. The number of hydrogen-bond donors (Lipinski definition) is 1. The normalized spacial score (nSPS) is 20.8. The Hall–Kier alpha value is -2.58. The molecule has 1 N–H and O–H groups in total. The van der Waals surface area contributed by atoms with Crippen molar-refractivity contribution in [1.29, 1.82) is 0 Å². The van der Waals surface area contributed by atoms with E-state index in [2.05, 4.69) is 27.2 Å². The molecule has 2 aliphatic rings. The molecule has 5 nitrogen and oxygen atoms in total. The summed E-state index contributed by atoms with van der Waals surface area (Å²) >= 11 is 0. The Bertz CT molecular complexity index is 952. The molecule has 178 valence electrons. The van der Waals surface area contributed by atoms with Crippen molar-refractivity contribution in [1.82, 2.24) is 10.2 Å². The topological polar surface area (TPSA) is 44.8 Å². The van der Waals surface area contributed by atoms with Crippen molar-refractivity contribution >= 4 is 11.6 Å². The molecule has 1 saturated heterocycles. The average Bonchev–Trinajstić information content (AvgIpc) is 2.81. The second-order valence-corrected chi connectivity index (χ2v) is 8.77. The Morgan fingerprint density at radius 2 is 1.94 bits per heavy atom. The molecule has 0 spiro atoms. The lowest BCUT2D eigenvalue weighted by atomic mass is 9.82. The molecule has 0 aromatic heterocycles. The van der Waals surface area contributed by atoms with E-state index >= 15 is 0 Å². The number of ether oxygens (including phenoxy) is 1. The van der Waals surface area contributed by atoms with Crippen molar-refractivity contribution < 1.29 is 22.7 Å². The zero-order chi connectivity index (χ0) is 23.4. The Morgan fingerprint density at radius 3 is 2.67 bits per heavy atom. The van der Waals surface area contributed by atoms with Crippen LogP contribution in [0.4, 0.5) is 18.9 Å². The number of halogens is 3. The number of anilines is 1. The first-order chi connectivity index (χ1) is 15.9. The molecule has 33 heavy (non-hydrogen) atoms. The first kappa shape index (κ1) is 23.6. The second kappa shape index (κ2) is 10.1. The lowest BCUT2D eigenvalue weighted by Gasteiger charge is -2.49. The minimum absolute atomic E-state index is 0.0888. The number of fused-ring (bicyclic) bond motifs is 3. The molecular formula is C25H30F3N3O2. The molecule has 0 aliphatic carbocycles. The number of alkyl halides is 3. The third-order valence-corrected chi connectivity index (χ3v) is 6.53. The number of methoxy groups -OCH3 is 1. The van der Waals surface area contributed by atoms with Crippen molar-refractivity contribution in [2.75, 3.05) is 44.8 Å². The van der Waals surface area contributed by atoms with Crippen LogP contribution in [0.15, 0.2) is 48.5 Å². The molecule has 0 radical (unpaired) electrons. The van der Waals surface area contributed by atoms with Crippen LogP contribution in [0.3, 0.4) is 0 Å². The molecule has 0 unspecified atom stereocenters. The molecular weight excluding hydrogens is 431 g/mol. The van der Waals surface area contributed by atoms with Crippen LogP contribution >= 0.6 is 0 Å². The number of piperazine rings is 1. The van der Waals surface area contributed by atoms with Gasteiger partial charge in [0.1, 0.15) is 0 Å². The molecule has 2 aromatic carbocycles. The van der Waals surface area contributed by atoms with E-state index in [4.69, 9.17) is 4.74 Å². The zero-order valence-corrected chi connectivity index (χ0v) is 18.8. The summed E-state index contributed by atoms with van der Waals surface area (Å²) < 4.78 is 45.0. The van der Waals surface area contributed by atoms with Gasteiger partial charge in [-0.3, -0.25) is 9.69 Å². The fourth-order valence-corrected chi connectivity index (χ4v) is 4.90. The third-order valence-electron chi connectivity index (χ3n) is 6.53. The van der Waals surface area contributed by atoms with Gasteiger partial charge < -0.3 is 15.0 Å². The Morgan fingerprint density at radius 1 is 1.15 bits per heavy atom. The minimum atomic E-state index is -4.40. The van der Waals surface area contributed by atoms with Crippen molar-refractivity contribution in [2.24, 2.45) is 5.92 Å². The van der Waals surface area contributed by atoms with E-state index in [1.807, 2.05) is 18.2 Å². The quantitative estimate of drug-likeness (QED) is 0.639. The van der Waals surface area contributed by atoms with Crippen LogP contribution < -0.4 is 10.2 Å². The van der Waals surface area contributed by atoms with Crippen LogP contribution in [0, 0.1) is 5.92 Å². The minimum Gasteiger partial charge on any atom is -0.385 e. The second-order valence-electron chi connectivity index (χ2n) is 8.77. The van der Waals surface area contributed by atoms with Gasteiger partial charge in [0.05, 0.1) is 17.5 Å². The number of carbonyl (C=O) groups is 1. The highest BCUT2D eigenvalue weighted by Gasteiger charge is 2.42. The number of rotatable bonds is 7. The average molecular weight is 462 g/mol. The summed E-state index contributed by atoms with van der Waals surface area (Å²) in [5.74, 6) is -0.521. The molecule has 4 rings (SSSR count). The van der Waals surface area contributed by atoms with E-state index in [1.165, 1.54) is 11.6 Å². The van der Waals surface area contributed by atoms with Crippen molar-refractivity contribution in [3.63, 3.8) is 0 Å². The van der Waals surface area contributed by atoms with Gasteiger partial charge in [0.15, 0.2) is 0 Å². The summed E-state index contributed by atoms with van der Waals surface area (Å²) in [4.78, 5) is 17.6. The highest BCUT2D eigenvalue weighted by Crippen LogP contribution is 2.39. The molecule has 1 fully saturated rings. The van der Waals surface area contributed by atoms with E-state index in [0.717, 1.165) is 24.8 Å². The number of amides is 1. The van der Waals surface area contributed by atoms with Crippen molar-refractivity contribution in [2.45, 2.75) is 31.6 Å². The van der Waals surface area contributed by atoms with Gasteiger partial charge in [0, 0.05) is 52.1 Å². The van der Waals surface area contributed by atoms with Gasteiger partial charge in [-0.05, 0) is 42.2 Å². The monoisotopic (exact) mass is 461 g/mol. The maximum atomic E-state index is 13.3. The highest BCUT2D eigenvalue weighted by molar-refractivity contribution is 5.82. The highest BCUT2D eigenvalue weighted by atomic mass is 19.4. The summed E-state index contributed by atoms with van der Waals surface area (Å²) in [7, 11) is 1.61. The lowest BCUT2D eigenvalue weighted by molar-refractivity contribution is -0.137. The molecule has 2 aliphatic heterocycles. The van der Waals surface area contributed by atoms with E-state index in [0.29, 0.717) is 44.6 Å². The molecule has 0 bridgehead atoms. The fourth-order valence-electron chi connectivity index (χ4n) is 4.90. The van der Waals surface area contributed by atoms with Crippen molar-refractivity contribution in [3.05, 3.63) is 65.2 Å². The van der Waals surface area contributed by atoms with E-state index < -0.39 is 17.7 Å². The Labute approximate surface area is 192 Å². The molecule has 2 atom stereocenters. The van der Waals surface area contributed by atoms with E-state index in [9.17, 15) is 18.0 Å². The van der Waals surface area contributed by atoms with Crippen LogP contribution in [0.2, 0.25) is 0 Å². The lowest BCUT2D eigenvalue weighted by Crippen LogP contribution is -2.61. The molecule has 2 heterocycles. The van der Waals surface area contributed by atoms with Crippen molar-refractivity contribution in [3.8, 4) is 0 Å². The zero-order valence-electron chi connectivity index (χ0n) is 18.8. The molecule has 8 heteroatoms.